The van der Waals surface area contributed by atoms with Crippen LogP contribution in [0.4, 0.5) is 22.7 Å². The van der Waals surface area contributed by atoms with E-state index in [4.69, 9.17) is 4.42 Å². The largest absolute Gasteiger partial charge is 0.421 e. The van der Waals surface area contributed by atoms with E-state index in [2.05, 4.69) is 26.6 Å². The van der Waals surface area contributed by atoms with Crippen LogP contribution in [0.3, 0.4) is 0 Å². The number of anilines is 4. The number of rotatable bonds is 0. The molecule has 0 saturated carbocycles. The van der Waals surface area contributed by atoms with Crippen molar-refractivity contribution in [3.05, 3.63) is 57.4 Å². The van der Waals surface area contributed by atoms with Gasteiger partial charge in [-0.15, -0.1) is 0 Å². The standard InChI is InChI=1S/C15H9BrN2O2/c16-8-5-6-12-9(7-8)13-14(15(19)20-12)18-11-4-2-1-3-10(11)17-13/h1-7,17-18H. The second-order valence-corrected chi connectivity index (χ2v) is 5.49. The summed E-state index contributed by atoms with van der Waals surface area (Å²) in [6, 6.07) is 13.3. The molecule has 0 unspecified atom stereocenters. The zero-order valence-electron chi connectivity index (χ0n) is 10.2. The molecule has 2 N–H and O–H groups in total. The van der Waals surface area contributed by atoms with Crippen LogP contribution in [-0.2, 0) is 0 Å². The van der Waals surface area contributed by atoms with E-state index in [1.54, 1.807) is 6.07 Å². The van der Waals surface area contributed by atoms with Crippen LogP contribution in [-0.4, -0.2) is 0 Å². The second-order valence-electron chi connectivity index (χ2n) is 4.58. The van der Waals surface area contributed by atoms with Gasteiger partial charge in [-0.25, -0.2) is 4.79 Å². The lowest BCUT2D eigenvalue weighted by atomic mass is 10.1. The van der Waals surface area contributed by atoms with Crippen LogP contribution < -0.4 is 16.3 Å². The lowest BCUT2D eigenvalue weighted by molar-refractivity contribution is 0.564. The van der Waals surface area contributed by atoms with Crippen LogP contribution in [0.1, 0.15) is 0 Å². The second kappa shape index (κ2) is 4.11. The normalized spacial score (nSPS) is 12.2. The maximum atomic E-state index is 12.1. The highest BCUT2D eigenvalue weighted by Gasteiger charge is 2.21. The molecule has 1 aromatic heterocycles. The number of fused-ring (bicyclic) bond motifs is 4. The molecular formula is C15H9BrN2O2. The van der Waals surface area contributed by atoms with Gasteiger partial charge in [0.1, 0.15) is 11.3 Å². The zero-order valence-corrected chi connectivity index (χ0v) is 11.8. The van der Waals surface area contributed by atoms with Gasteiger partial charge >= 0.3 is 5.63 Å². The van der Waals surface area contributed by atoms with E-state index in [-0.39, 0.29) is 5.63 Å². The first-order valence-corrected chi connectivity index (χ1v) is 6.91. The Morgan fingerprint density at radius 3 is 2.40 bits per heavy atom. The maximum absolute atomic E-state index is 12.1. The first-order valence-electron chi connectivity index (χ1n) is 6.12. The van der Waals surface area contributed by atoms with E-state index in [1.807, 2.05) is 36.4 Å². The van der Waals surface area contributed by atoms with Crippen LogP contribution in [0.25, 0.3) is 11.0 Å². The van der Waals surface area contributed by atoms with Crippen molar-refractivity contribution < 1.29 is 4.42 Å². The van der Waals surface area contributed by atoms with Crippen molar-refractivity contribution in [1.82, 2.24) is 0 Å². The molecule has 4 rings (SSSR count). The topological polar surface area (TPSA) is 54.3 Å². The van der Waals surface area contributed by atoms with Gasteiger partial charge in [0.25, 0.3) is 0 Å². The predicted octanol–water partition coefficient (Wildman–Crippen LogP) is 4.36. The summed E-state index contributed by atoms with van der Waals surface area (Å²) in [6.45, 7) is 0. The molecule has 2 heterocycles. The van der Waals surface area contributed by atoms with Gasteiger partial charge in [-0.05, 0) is 30.3 Å². The summed E-state index contributed by atoms with van der Waals surface area (Å²) >= 11 is 3.44. The first kappa shape index (κ1) is 11.5. The summed E-state index contributed by atoms with van der Waals surface area (Å²) in [6.07, 6.45) is 0. The van der Waals surface area contributed by atoms with Crippen LogP contribution >= 0.6 is 15.9 Å². The fraction of sp³-hybridized carbons (Fsp3) is 0. The minimum atomic E-state index is -0.378. The fourth-order valence-electron chi connectivity index (χ4n) is 2.39. The third-order valence-corrected chi connectivity index (χ3v) is 3.81. The van der Waals surface area contributed by atoms with Gasteiger partial charge in [-0.2, -0.15) is 0 Å². The van der Waals surface area contributed by atoms with Crippen molar-refractivity contribution in [2.45, 2.75) is 0 Å². The van der Waals surface area contributed by atoms with Crippen LogP contribution in [0.15, 0.2) is 56.1 Å². The molecule has 0 fully saturated rings. The molecule has 1 aliphatic heterocycles. The van der Waals surface area contributed by atoms with E-state index in [9.17, 15) is 4.79 Å². The van der Waals surface area contributed by atoms with Gasteiger partial charge < -0.3 is 15.1 Å². The highest BCUT2D eigenvalue weighted by Crippen LogP contribution is 2.40. The molecule has 0 amide bonds. The third kappa shape index (κ3) is 1.63. The molecule has 2 aromatic carbocycles. The molecule has 5 heteroatoms. The van der Waals surface area contributed by atoms with Crippen molar-refractivity contribution in [3.63, 3.8) is 0 Å². The van der Waals surface area contributed by atoms with Crippen LogP contribution in [0.2, 0.25) is 0 Å². The Balaban J connectivity index is 2.05. The van der Waals surface area contributed by atoms with Crippen LogP contribution in [0.5, 0.6) is 0 Å². The molecule has 0 spiro atoms. The molecule has 20 heavy (non-hydrogen) atoms. The van der Waals surface area contributed by atoms with E-state index in [0.29, 0.717) is 11.3 Å². The van der Waals surface area contributed by atoms with Gasteiger partial charge in [0, 0.05) is 9.86 Å². The number of benzene rings is 2. The monoisotopic (exact) mass is 328 g/mol. The smallest absolute Gasteiger partial charge is 0.362 e. The summed E-state index contributed by atoms with van der Waals surface area (Å²) in [4.78, 5) is 12.1. The van der Waals surface area contributed by atoms with E-state index in [0.717, 1.165) is 26.9 Å². The molecule has 0 bridgehead atoms. The van der Waals surface area contributed by atoms with Crippen LogP contribution in [0, 0.1) is 0 Å². The highest BCUT2D eigenvalue weighted by molar-refractivity contribution is 9.10. The summed E-state index contributed by atoms with van der Waals surface area (Å²) in [7, 11) is 0. The van der Waals surface area contributed by atoms with E-state index >= 15 is 0 Å². The van der Waals surface area contributed by atoms with Gasteiger partial charge in [-0.3, -0.25) is 0 Å². The van der Waals surface area contributed by atoms with Gasteiger partial charge in [0.2, 0.25) is 0 Å². The molecule has 3 aromatic rings. The number of para-hydroxylation sites is 2. The summed E-state index contributed by atoms with van der Waals surface area (Å²) in [5.74, 6) is 0. The third-order valence-electron chi connectivity index (χ3n) is 3.31. The maximum Gasteiger partial charge on any atom is 0.362 e. The zero-order chi connectivity index (χ0) is 13.7. The Morgan fingerprint density at radius 2 is 1.65 bits per heavy atom. The average molecular weight is 329 g/mol. The van der Waals surface area contributed by atoms with Crippen molar-refractivity contribution in [1.29, 1.82) is 0 Å². The quantitative estimate of drug-likeness (QED) is 0.471. The molecule has 0 atom stereocenters. The van der Waals surface area contributed by atoms with E-state index < -0.39 is 0 Å². The van der Waals surface area contributed by atoms with Gasteiger partial charge in [0.15, 0.2) is 0 Å². The minimum Gasteiger partial charge on any atom is -0.421 e. The molecule has 0 aliphatic carbocycles. The number of hydrogen-bond acceptors (Lipinski definition) is 4. The Labute approximate surface area is 122 Å². The summed E-state index contributed by atoms with van der Waals surface area (Å²) < 4.78 is 6.28. The fourth-order valence-corrected chi connectivity index (χ4v) is 2.75. The van der Waals surface area contributed by atoms with Gasteiger partial charge in [-0.1, -0.05) is 28.1 Å². The Hall–Kier alpha value is -2.27. The Bertz CT molecular complexity index is 902. The lowest BCUT2D eigenvalue weighted by Crippen LogP contribution is -2.15. The van der Waals surface area contributed by atoms with Gasteiger partial charge in [0.05, 0.1) is 17.1 Å². The number of hydrogen-bond donors (Lipinski definition) is 2. The highest BCUT2D eigenvalue weighted by atomic mass is 79.9. The van der Waals surface area contributed by atoms with Crippen molar-refractivity contribution in [2.75, 3.05) is 10.6 Å². The van der Waals surface area contributed by atoms with Crippen molar-refractivity contribution >= 4 is 49.6 Å². The first-order chi connectivity index (χ1) is 9.72. The Kier molecular flexibility index (Phi) is 2.37. The average Bonchev–Trinajstić information content (AvgIpc) is 2.47. The van der Waals surface area contributed by atoms with Crippen molar-refractivity contribution in [3.8, 4) is 0 Å². The molecule has 4 nitrogen and oxygen atoms in total. The molecular weight excluding hydrogens is 320 g/mol. The number of nitrogens with one attached hydrogen (secondary N) is 2. The molecule has 98 valence electrons. The number of halogens is 1. The molecule has 0 saturated heterocycles. The summed E-state index contributed by atoms with van der Waals surface area (Å²) in [5.41, 5.74) is 3.17. The van der Waals surface area contributed by atoms with Crippen molar-refractivity contribution in [2.24, 2.45) is 0 Å². The Morgan fingerprint density at radius 1 is 0.950 bits per heavy atom. The molecule has 1 aliphatic rings. The SMILES string of the molecule is O=c1oc2ccc(Br)cc2c2c1Nc1ccccc1N2. The minimum absolute atomic E-state index is 0.378. The lowest BCUT2D eigenvalue weighted by Gasteiger charge is -2.22. The molecule has 0 radical (unpaired) electrons. The summed E-state index contributed by atoms with van der Waals surface area (Å²) in [5, 5.41) is 7.30. The van der Waals surface area contributed by atoms with E-state index in [1.165, 1.54) is 0 Å². The predicted molar refractivity (Wildman–Crippen MR) is 83.2 cm³/mol.